The predicted molar refractivity (Wildman–Crippen MR) is 216 cm³/mol. The summed E-state index contributed by atoms with van der Waals surface area (Å²) in [5, 5.41) is 18.8. The average molecular weight is 717 g/mol. The molecule has 0 aromatic carbocycles. The fraction of sp³-hybridized carbons (Fsp3) is 0.778. The fourth-order valence-electron chi connectivity index (χ4n) is 5.87. The molecule has 51 heavy (non-hydrogen) atoms. The van der Waals surface area contributed by atoms with Gasteiger partial charge in [0.05, 0.1) is 12.7 Å². The third-order valence-corrected chi connectivity index (χ3v) is 9.07. The van der Waals surface area contributed by atoms with Gasteiger partial charge in [-0.1, -0.05) is 165 Å². The highest BCUT2D eigenvalue weighted by atomic mass is 16.6. The smallest absolute Gasteiger partial charge is 0.306 e. The van der Waals surface area contributed by atoms with Crippen molar-refractivity contribution in [2.45, 2.75) is 206 Å². The van der Waals surface area contributed by atoms with E-state index in [1.165, 1.54) is 89.9 Å². The summed E-state index contributed by atoms with van der Waals surface area (Å²) >= 11 is 0. The molecule has 2 N–H and O–H groups in total. The molecule has 0 saturated heterocycles. The maximum atomic E-state index is 12.2. The number of carbonyl (C=O) groups is 2. The molecular formula is C45H80O6. The Morgan fingerprint density at radius 1 is 0.510 bits per heavy atom. The first-order chi connectivity index (χ1) is 24.8. The topological polar surface area (TPSA) is 93.1 Å². The molecule has 0 bridgehead atoms. The number of rotatable bonds is 37. The van der Waals surface area contributed by atoms with Crippen molar-refractivity contribution in [1.29, 1.82) is 0 Å². The molecule has 0 aliphatic carbocycles. The first-order valence-corrected chi connectivity index (χ1v) is 21.1. The van der Waals surface area contributed by atoms with Crippen molar-refractivity contribution >= 4 is 11.9 Å². The second-order valence-electron chi connectivity index (χ2n) is 14.8. The van der Waals surface area contributed by atoms with Crippen LogP contribution in [0.3, 0.4) is 0 Å². The minimum Gasteiger partial charge on any atom is -0.462 e. The van der Waals surface area contributed by atoms with Crippen LogP contribution >= 0.6 is 0 Å². The Hall–Kier alpha value is -2.18. The van der Waals surface area contributed by atoms with Crippen molar-refractivity contribution in [3.05, 3.63) is 48.6 Å². The molecule has 0 aliphatic rings. The van der Waals surface area contributed by atoms with Crippen LogP contribution in [0.4, 0.5) is 0 Å². The summed E-state index contributed by atoms with van der Waals surface area (Å²) in [4.78, 5) is 24.3. The number of aliphatic hydroxyl groups is 2. The number of carbonyl (C=O) groups excluding carboxylic acids is 2. The van der Waals surface area contributed by atoms with Crippen LogP contribution in [-0.2, 0) is 19.1 Å². The van der Waals surface area contributed by atoms with E-state index < -0.39 is 6.10 Å². The summed E-state index contributed by atoms with van der Waals surface area (Å²) in [6, 6.07) is 0. The summed E-state index contributed by atoms with van der Waals surface area (Å²) < 4.78 is 10.6. The molecule has 0 saturated carbocycles. The number of ether oxygens (including phenoxy) is 2. The van der Waals surface area contributed by atoms with Gasteiger partial charge in [-0.25, -0.2) is 0 Å². The van der Waals surface area contributed by atoms with E-state index in [1.54, 1.807) is 0 Å². The second-order valence-corrected chi connectivity index (χ2v) is 14.8. The van der Waals surface area contributed by atoms with Gasteiger partial charge in [-0.15, -0.1) is 0 Å². The molecule has 2 atom stereocenters. The van der Waals surface area contributed by atoms with Crippen molar-refractivity contribution in [3.8, 4) is 0 Å². The Kier molecular flexibility index (Phi) is 37.4. The van der Waals surface area contributed by atoms with Crippen LogP contribution < -0.4 is 0 Å². The average Bonchev–Trinajstić information content (AvgIpc) is 3.10. The minimum atomic E-state index is -0.808. The maximum absolute atomic E-state index is 12.2. The van der Waals surface area contributed by atoms with Crippen molar-refractivity contribution in [1.82, 2.24) is 0 Å². The molecule has 0 rings (SSSR count). The zero-order chi connectivity index (χ0) is 37.5. The van der Waals surface area contributed by atoms with E-state index in [2.05, 4.69) is 62.5 Å². The van der Waals surface area contributed by atoms with E-state index >= 15 is 0 Å². The summed E-state index contributed by atoms with van der Waals surface area (Å²) in [6.07, 6.45) is 46.0. The Bertz CT molecular complexity index is 887. The van der Waals surface area contributed by atoms with E-state index in [1.807, 2.05) is 6.92 Å². The highest BCUT2D eigenvalue weighted by molar-refractivity contribution is 5.70. The number of unbranched alkanes of at least 4 members (excludes halogenated alkanes) is 17. The van der Waals surface area contributed by atoms with Gasteiger partial charge >= 0.3 is 11.9 Å². The first-order valence-electron chi connectivity index (χ1n) is 21.1. The van der Waals surface area contributed by atoms with Gasteiger partial charge in [0.2, 0.25) is 0 Å². The highest BCUT2D eigenvalue weighted by Crippen LogP contribution is 2.15. The molecule has 0 heterocycles. The van der Waals surface area contributed by atoms with Crippen LogP contribution in [0.15, 0.2) is 48.6 Å². The quantitative estimate of drug-likeness (QED) is 0.0378. The molecular weight excluding hydrogens is 636 g/mol. The SMILES string of the molecule is CC(C)CCCCCCCCCCCCCCCCCCC(=O)OC[C@H](CO)OC(=O)CCC/C=C\C/C=C\C/C=C\C/C=C\CCC[C@H](C)O. The summed E-state index contributed by atoms with van der Waals surface area (Å²) in [5.41, 5.74) is 0. The molecule has 0 aromatic heterocycles. The van der Waals surface area contributed by atoms with Gasteiger partial charge < -0.3 is 19.7 Å². The Morgan fingerprint density at radius 3 is 1.37 bits per heavy atom. The minimum absolute atomic E-state index is 0.0948. The molecule has 0 aromatic rings. The lowest BCUT2D eigenvalue weighted by Crippen LogP contribution is -2.28. The summed E-state index contributed by atoms with van der Waals surface area (Å²) in [6.45, 7) is 6.01. The predicted octanol–water partition coefficient (Wildman–Crippen LogP) is 12.2. The van der Waals surface area contributed by atoms with Gasteiger partial charge in [0.1, 0.15) is 6.61 Å². The van der Waals surface area contributed by atoms with E-state index in [0.29, 0.717) is 12.8 Å². The van der Waals surface area contributed by atoms with Gasteiger partial charge in [-0.2, -0.15) is 0 Å². The maximum Gasteiger partial charge on any atom is 0.306 e. The van der Waals surface area contributed by atoms with Gasteiger partial charge in [-0.3, -0.25) is 9.59 Å². The monoisotopic (exact) mass is 717 g/mol. The molecule has 6 nitrogen and oxygen atoms in total. The molecule has 0 spiro atoms. The van der Waals surface area contributed by atoms with Crippen LogP contribution in [0.1, 0.15) is 194 Å². The van der Waals surface area contributed by atoms with Crippen LogP contribution in [0, 0.1) is 5.92 Å². The highest BCUT2D eigenvalue weighted by Gasteiger charge is 2.16. The van der Waals surface area contributed by atoms with Crippen molar-refractivity contribution in [2.75, 3.05) is 13.2 Å². The Morgan fingerprint density at radius 2 is 0.922 bits per heavy atom. The van der Waals surface area contributed by atoms with Gasteiger partial charge in [0.25, 0.3) is 0 Å². The van der Waals surface area contributed by atoms with Crippen LogP contribution in [-0.4, -0.2) is 47.6 Å². The van der Waals surface area contributed by atoms with Crippen LogP contribution in [0.2, 0.25) is 0 Å². The zero-order valence-corrected chi connectivity index (χ0v) is 33.4. The molecule has 0 amide bonds. The molecule has 6 heteroatoms. The third-order valence-electron chi connectivity index (χ3n) is 9.07. The van der Waals surface area contributed by atoms with E-state index in [4.69, 9.17) is 9.47 Å². The van der Waals surface area contributed by atoms with Gasteiger partial charge in [0, 0.05) is 12.8 Å². The molecule has 0 unspecified atom stereocenters. The number of hydrogen-bond acceptors (Lipinski definition) is 6. The van der Waals surface area contributed by atoms with Gasteiger partial charge in [0.15, 0.2) is 6.10 Å². The first kappa shape index (κ1) is 48.8. The summed E-state index contributed by atoms with van der Waals surface area (Å²) in [7, 11) is 0. The number of allylic oxidation sites excluding steroid dienone is 8. The normalized spacial score (nSPS) is 13.4. The molecule has 0 radical (unpaired) electrons. The van der Waals surface area contributed by atoms with E-state index in [-0.39, 0.29) is 37.7 Å². The third kappa shape index (κ3) is 40.4. The number of aliphatic hydroxyl groups excluding tert-OH is 2. The molecule has 296 valence electrons. The van der Waals surface area contributed by atoms with Gasteiger partial charge in [-0.05, 0) is 70.6 Å². The summed E-state index contributed by atoms with van der Waals surface area (Å²) in [5.74, 6) is 0.183. The molecule has 0 fully saturated rings. The van der Waals surface area contributed by atoms with Crippen LogP contribution in [0.25, 0.3) is 0 Å². The Labute approximate surface area is 314 Å². The number of esters is 2. The zero-order valence-electron chi connectivity index (χ0n) is 33.4. The Balaban J connectivity index is 3.62. The lowest BCUT2D eigenvalue weighted by molar-refractivity contribution is -0.161. The largest absolute Gasteiger partial charge is 0.462 e. The second kappa shape index (κ2) is 39.0. The van der Waals surface area contributed by atoms with E-state index in [9.17, 15) is 19.8 Å². The fourth-order valence-corrected chi connectivity index (χ4v) is 5.87. The lowest BCUT2D eigenvalue weighted by Gasteiger charge is -2.15. The van der Waals surface area contributed by atoms with E-state index in [0.717, 1.165) is 70.1 Å². The van der Waals surface area contributed by atoms with Crippen LogP contribution in [0.5, 0.6) is 0 Å². The number of hydrogen-bond donors (Lipinski definition) is 2. The van der Waals surface area contributed by atoms with Crippen molar-refractivity contribution in [2.24, 2.45) is 5.92 Å². The van der Waals surface area contributed by atoms with Crippen molar-refractivity contribution in [3.63, 3.8) is 0 Å². The lowest BCUT2D eigenvalue weighted by atomic mass is 10.0. The molecule has 0 aliphatic heterocycles. The standard InChI is InChI=1S/C45H80O6/c1-41(2)35-31-27-23-19-15-11-7-4-5-9-13-17-21-25-29-33-37-44(48)50-40-43(39-46)51-45(49)38-34-30-26-22-18-14-10-6-8-12-16-20-24-28-32-36-42(3)47/h8,10,12,14,20,22,24,26,41-43,46-47H,4-7,9,11,13,15-19,21,23,25,27-40H2,1-3H3/b12-8-,14-10-,24-20-,26-22-/t42-,43-/m0/s1. The van der Waals surface area contributed by atoms with Crippen molar-refractivity contribution < 1.29 is 29.3 Å².